The molecule has 6 fully saturated rings. The van der Waals surface area contributed by atoms with Crippen molar-refractivity contribution in [3.05, 3.63) is 60.2 Å². The van der Waals surface area contributed by atoms with E-state index in [9.17, 15) is 49.8 Å². The summed E-state index contributed by atoms with van der Waals surface area (Å²) in [6.07, 6.45) is -4.19. The van der Waals surface area contributed by atoms with Crippen molar-refractivity contribution in [2.75, 3.05) is 7.11 Å². The minimum Gasteiger partial charge on any atom is -0.462 e. The third kappa shape index (κ3) is 18.3. The number of allylic oxidation sites excluding steroid dienone is 3. The minimum absolute atomic E-state index is 0.00237. The van der Waals surface area contributed by atoms with Crippen LogP contribution < -0.4 is 0 Å². The molecule has 7 aliphatic rings. The zero-order valence-electron chi connectivity index (χ0n) is 50.4. The van der Waals surface area contributed by atoms with Gasteiger partial charge in [0, 0.05) is 114 Å². The Bertz CT molecular complexity index is 2390. The van der Waals surface area contributed by atoms with Gasteiger partial charge in [-0.15, -0.1) is 0 Å². The molecule has 0 aromatic carbocycles. The highest BCUT2D eigenvalue weighted by molar-refractivity contribution is 6.30. The molecule has 84 heavy (non-hydrogen) atoms. The van der Waals surface area contributed by atoms with Crippen LogP contribution in [0.2, 0.25) is 0 Å². The van der Waals surface area contributed by atoms with Gasteiger partial charge in [-0.05, 0) is 51.5 Å². The van der Waals surface area contributed by atoms with Gasteiger partial charge in [-0.2, -0.15) is 0 Å². The Balaban J connectivity index is 1.21. The average Bonchev–Trinajstić information content (AvgIpc) is 2.89. The lowest BCUT2D eigenvalue weighted by atomic mass is 9.78. The topological polar surface area (TPSA) is 282 Å². The van der Waals surface area contributed by atoms with Gasteiger partial charge in [0.05, 0.1) is 85.1 Å². The standard InChI is InChI=1S/C63H95ClO20/c1-34(19-43(67)18-17-36(3)64)20-54-57(72)59-40(7)55(78-54)32-61(74)31-52(70)38(5)53(84-61)16-14-12-13-15-45-22-44(68)27-62(80-45)29-48(75-11)23-46(81-62)25-51(69)39(6)58(77-42(9)66)37(4)35(2)21-50-28-60(10,73)33-63(83-50)30-49(76-41(8)65)24-47(82-63)26-56(71)79-59/h13,15,17-18,37-40,43-50,52-55,57-59,67-68,70,72-74H,1-3,12,14,16,19-33H2,4-11H3/b15-13-,18-17+/t37-,38-,39+,40+,43-,44+,45+,46+,47-,48-,49+,50+,52+,53+,54-,55+,57-,58+,59-,60+,61-,62-,63-/m1/s1. The zero-order chi connectivity index (χ0) is 61.6. The molecule has 10 bridgehead atoms. The van der Waals surface area contributed by atoms with Crippen molar-refractivity contribution in [3.8, 4) is 0 Å². The molecule has 0 aliphatic carbocycles. The molecular weight excluding hydrogens is 1110 g/mol. The molecule has 6 saturated heterocycles. The molecule has 2 spiro atoms. The first-order chi connectivity index (χ1) is 39.4. The lowest BCUT2D eigenvalue weighted by Crippen LogP contribution is -2.59. The van der Waals surface area contributed by atoms with Crippen molar-refractivity contribution < 1.29 is 97.2 Å². The number of aliphatic hydroxyl groups is 6. The lowest BCUT2D eigenvalue weighted by molar-refractivity contribution is -0.349. The van der Waals surface area contributed by atoms with E-state index in [2.05, 4.69) is 19.7 Å². The van der Waals surface area contributed by atoms with Crippen molar-refractivity contribution in [1.82, 2.24) is 0 Å². The largest absolute Gasteiger partial charge is 0.462 e. The van der Waals surface area contributed by atoms with E-state index in [1.807, 2.05) is 26.0 Å². The van der Waals surface area contributed by atoms with Crippen LogP contribution in [0.25, 0.3) is 0 Å². The fourth-order valence-electron chi connectivity index (χ4n) is 14.1. The Kier molecular flexibility index (Phi) is 23.3. The van der Waals surface area contributed by atoms with Crippen molar-refractivity contribution in [2.45, 2.75) is 279 Å². The second kappa shape index (κ2) is 28.8. The molecule has 0 saturated carbocycles. The summed E-state index contributed by atoms with van der Waals surface area (Å²) < 4.78 is 63.9. The Morgan fingerprint density at radius 3 is 2.17 bits per heavy atom. The van der Waals surface area contributed by atoms with Crippen LogP contribution in [0.4, 0.5) is 0 Å². The van der Waals surface area contributed by atoms with E-state index in [1.165, 1.54) is 26.0 Å². The number of hydrogen-bond donors (Lipinski definition) is 6. The van der Waals surface area contributed by atoms with Crippen molar-refractivity contribution >= 4 is 35.3 Å². The molecule has 7 heterocycles. The van der Waals surface area contributed by atoms with Crippen molar-refractivity contribution in [3.63, 3.8) is 0 Å². The molecule has 0 unspecified atom stereocenters. The summed E-state index contributed by atoms with van der Waals surface area (Å²) in [5.74, 6) is -9.60. The number of aliphatic hydroxyl groups excluding tert-OH is 4. The Morgan fingerprint density at radius 2 is 1.48 bits per heavy atom. The fourth-order valence-corrected chi connectivity index (χ4v) is 14.2. The minimum atomic E-state index is -1.92. The summed E-state index contributed by atoms with van der Waals surface area (Å²) in [6.45, 7) is 23.4. The number of hydrogen-bond acceptors (Lipinski definition) is 20. The van der Waals surface area contributed by atoms with Crippen LogP contribution in [0.1, 0.15) is 164 Å². The van der Waals surface area contributed by atoms with E-state index in [-0.39, 0.29) is 93.5 Å². The molecule has 474 valence electrons. The summed E-state index contributed by atoms with van der Waals surface area (Å²) in [7, 11) is 1.58. The molecule has 0 amide bonds. The van der Waals surface area contributed by atoms with E-state index in [0.29, 0.717) is 49.7 Å². The molecule has 6 N–H and O–H groups in total. The van der Waals surface area contributed by atoms with Gasteiger partial charge in [-0.3, -0.25) is 19.2 Å². The summed E-state index contributed by atoms with van der Waals surface area (Å²) >= 11 is 5.90. The highest BCUT2D eigenvalue weighted by Gasteiger charge is 2.56. The van der Waals surface area contributed by atoms with E-state index < -0.39 is 151 Å². The van der Waals surface area contributed by atoms with Gasteiger partial charge >= 0.3 is 17.9 Å². The van der Waals surface area contributed by atoms with Crippen molar-refractivity contribution in [2.24, 2.45) is 23.7 Å². The van der Waals surface area contributed by atoms with Gasteiger partial charge in [0.15, 0.2) is 17.4 Å². The molecule has 7 rings (SSSR count). The number of carbonyl (C=O) groups is 4. The third-order valence-corrected chi connectivity index (χ3v) is 18.3. The van der Waals surface area contributed by atoms with Crippen LogP contribution in [0.5, 0.6) is 0 Å². The summed E-state index contributed by atoms with van der Waals surface area (Å²) in [4.78, 5) is 54.3. The number of carbonyl (C=O) groups excluding carboxylic acids is 4. The highest BCUT2D eigenvalue weighted by Crippen LogP contribution is 2.48. The first-order valence-electron chi connectivity index (χ1n) is 30.2. The number of ketones is 1. The summed E-state index contributed by atoms with van der Waals surface area (Å²) in [5, 5.41) is 70.2. The van der Waals surface area contributed by atoms with Crippen LogP contribution in [0, 0.1) is 23.7 Å². The number of Topliss-reactive ketones (excluding diaryl/α,β-unsaturated/α-hetero) is 1. The lowest BCUT2D eigenvalue weighted by Gasteiger charge is -2.52. The molecule has 7 aliphatic heterocycles. The number of halogens is 1. The highest BCUT2D eigenvalue weighted by atomic mass is 35.5. The Hall–Kier alpha value is -3.45. The van der Waals surface area contributed by atoms with E-state index >= 15 is 0 Å². The number of fused-ring (bicyclic) bond motifs is 8. The number of methoxy groups -OCH3 is 1. The Labute approximate surface area is 500 Å². The van der Waals surface area contributed by atoms with Crippen LogP contribution in [-0.4, -0.2) is 176 Å². The maximum absolute atomic E-state index is 14.4. The number of esters is 3. The first-order valence-corrected chi connectivity index (χ1v) is 30.6. The molecule has 0 aromatic heterocycles. The predicted molar refractivity (Wildman–Crippen MR) is 306 cm³/mol. The van der Waals surface area contributed by atoms with Gasteiger partial charge in [0.2, 0.25) is 0 Å². The van der Waals surface area contributed by atoms with Gasteiger partial charge in [-0.1, -0.05) is 88.4 Å². The number of ether oxygens (including phenoxy) is 10. The van der Waals surface area contributed by atoms with Crippen LogP contribution in [0.3, 0.4) is 0 Å². The van der Waals surface area contributed by atoms with Crippen LogP contribution in [-0.2, 0) is 66.5 Å². The third-order valence-electron chi connectivity index (χ3n) is 18.2. The SMILES string of the molecule is C=C(Cl)/C=C/[C@@H](O)CC(=C)C[C@H]1O[C@H]2C[C@@]3(O)C[C@H](O)[C@@H](C)[C@H](CCC/C=C\[C@H]4C[C@H](O)C[C@@]5(C[C@H](OC)C[C@@H](CC(=O)[C@H](C)[C@@H](OC(C)=O)[C@H](C)C(=C)C[C@H]6C[C@](C)(O)C[C@@]7(C[C@@H](OC(C)=O)C[C@H](CC(=O)O[C@H]([C@H]2C)[C@@H]1O)O7)O6)O5)O4)O3. The van der Waals surface area contributed by atoms with Gasteiger partial charge in [-0.25, -0.2) is 0 Å². The van der Waals surface area contributed by atoms with Crippen LogP contribution >= 0.6 is 11.6 Å². The van der Waals surface area contributed by atoms with E-state index in [1.54, 1.807) is 27.9 Å². The fraction of sp³-hybridized carbons (Fsp3) is 0.778. The van der Waals surface area contributed by atoms with E-state index in [0.717, 1.165) is 0 Å². The number of rotatable bonds is 9. The first kappa shape index (κ1) is 68.0. The van der Waals surface area contributed by atoms with Crippen LogP contribution in [0.15, 0.2) is 60.2 Å². The van der Waals surface area contributed by atoms with Gasteiger partial charge < -0.3 is 78.0 Å². The molecule has 21 heteroatoms. The summed E-state index contributed by atoms with van der Waals surface area (Å²) in [5.41, 5.74) is -0.379. The van der Waals surface area contributed by atoms with Crippen molar-refractivity contribution in [1.29, 1.82) is 0 Å². The second-order valence-corrected chi connectivity index (χ2v) is 26.4. The molecule has 23 atom stereocenters. The normalized spacial score (nSPS) is 44.0. The maximum atomic E-state index is 14.4. The van der Waals surface area contributed by atoms with Gasteiger partial charge in [0.25, 0.3) is 0 Å². The smallest absolute Gasteiger partial charge is 0.308 e. The summed E-state index contributed by atoms with van der Waals surface area (Å²) in [6, 6.07) is 0. The monoisotopic (exact) mass is 1210 g/mol. The van der Waals surface area contributed by atoms with Gasteiger partial charge in [0.1, 0.15) is 30.2 Å². The molecule has 20 nitrogen and oxygen atoms in total. The molecular formula is C63H95ClO20. The van der Waals surface area contributed by atoms with E-state index in [4.69, 9.17) is 59.0 Å². The second-order valence-electron chi connectivity index (χ2n) is 25.9. The molecule has 0 radical (unpaired) electrons. The maximum Gasteiger partial charge on any atom is 0.308 e. The molecule has 0 aromatic rings. The predicted octanol–water partition coefficient (Wildman–Crippen LogP) is 6.94. The quantitative estimate of drug-likeness (QED) is 0.0590. The Morgan fingerprint density at radius 1 is 0.810 bits per heavy atom. The average molecular weight is 1210 g/mol. The zero-order valence-corrected chi connectivity index (χ0v) is 51.2.